The van der Waals surface area contributed by atoms with Gasteiger partial charge in [0.2, 0.25) is 0 Å². The zero-order chi connectivity index (χ0) is 23.6. The van der Waals surface area contributed by atoms with Gasteiger partial charge in [0.05, 0.1) is 44.2 Å². The lowest BCUT2D eigenvalue weighted by molar-refractivity contribution is -0.0380. The summed E-state index contributed by atoms with van der Waals surface area (Å²) >= 11 is 0. The number of aromatic nitrogens is 3. The van der Waals surface area contributed by atoms with E-state index in [1.54, 1.807) is 21.7 Å². The minimum Gasteiger partial charge on any atom is -0.491 e. The number of carbonyl (C=O) groups excluding carboxylic acids is 2. The molecule has 10 nitrogen and oxygen atoms in total. The molecule has 1 amide bonds. The zero-order valence-corrected chi connectivity index (χ0v) is 19.4. The van der Waals surface area contributed by atoms with Crippen LogP contribution in [0, 0.1) is 0 Å². The highest BCUT2D eigenvalue weighted by Crippen LogP contribution is 2.39. The molecule has 2 atom stereocenters. The molecule has 2 aliphatic heterocycles. The highest BCUT2D eigenvalue weighted by molar-refractivity contribution is 5.90. The van der Waals surface area contributed by atoms with Crippen molar-refractivity contribution in [1.29, 1.82) is 0 Å². The predicted octanol–water partition coefficient (Wildman–Crippen LogP) is 3.11. The topological polar surface area (TPSA) is 105 Å². The number of hydrogen-bond donors (Lipinski definition) is 0. The van der Waals surface area contributed by atoms with Crippen LogP contribution in [0.2, 0.25) is 0 Å². The van der Waals surface area contributed by atoms with E-state index in [1.807, 2.05) is 33.0 Å². The summed E-state index contributed by atoms with van der Waals surface area (Å²) in [6.45, 7) is 7.13. The van der Waals surface area contributed by atoms with Crippen LogP contribution in [0.25, 0.3) is 0 Å². The molecular formula is C23H30N4O6. The Morgan fingerprint density at radius 3 is 2.79 bits per heavy atom. The first-order valence-corrected chi connectivity index (χ1v) is 11.1. The number of fused-ring (bicyclic) bond motifs is 6. The summed E-state index contributed by atoms with van der Waals surface area (Å²) in [6.07, 6.45) is 2.58. The van der Waals surface area contributed by atoms with Gasteiger partial charge in [-0.2, -0.15) is 0 Å². The molecule has 0 saturated carbocycles. The Morgan fingerprint density at radius 2 is 2.03 bits per heavy atom. The zero-order valence-electron chi connectivity index (χ0n) is 19.4. The Bertz CT molecular complexity index is 1010. The third-order valence-corrected chi connectivity index (χ3v) is 5.61. The van der Waals surface area contributed by atoms with Gasteiger partial charge in [0.1, 0.15) is 23.7 Å². The molecule has 33 heavy (non-hydrogen) atoms. The van der Waals surface area contributed by atoms with Crippen LogP contribution in [-0.2, 0) is 27.4 Å². The van der Waals surface area contributed by atoms with Crippen LogP contribution in [0.5, 0.6) is 5.75 Å². The molecule has 2 aromatic rings. The van der Waals surface area contributed by atoms with Crippen molar-refractivity contribution >= 4 is 12.1 Å². The van der Waals surface area contributed by atoms with Crippen LogP contribution in [-0.4, -0.2) is 63.9 Å². The van der Waals surface area contributed by atoms with Crippen LogP contribution < -0.4 is 4.74 Å². The molecule has 10 heteroatoms. The molecule has 4 bridgehead atoms. The molecule has 178 valence electrons. The molecule has 4 rings (SSSR count). The second kappa shape index (κ2) is 9.38. The fourth-order valence-corrected chi connectivity index (χ4v) is 4.06. The normalized spacial score (nSPS) is 20.9. The minimum absolute atomic E-state index is 0.0901. The van der Waals surface area contributed by atoms with E-state index in [0.29, 0.717) is 50.5 Å². The van der Waals surface area contributed by atoms with Crippen molar-refractivity contribution in [3.05, 3.63) is 41.2 Å². The number of hydrogen-bond acceptors (Lipinski definition) is 8. The van der Waals surface area contributed by atoms with E-state index in [1.165, 1.54) is 7.11 Å². The van der Waals surface area contributed by atoms with Gasteiger partial charge in [-0.25, -0.2) is 14.3 Å². The lowest BCUT2D eigenvalue weighted by atomic mass is 9.92. The molecule has 0 unspecified atom stereocenters. The largest absolute Gasteiger partial charge is 0.491 e. The van der Waals surface area contributed by atoms with Crippen molar-refractivity contribution in [2.24, 2.45) is 0 Å². The van der Waals surface area contributed by atoms with Gasteiger partial charge in [-0.15, -0.1) is 5.10 Å². The maximum Gasteiger partial charge on any atom is 0.410 e. The molecule has 2 aliphatic rings. The van der Waals surface area contributed by atoms with Crippen LogP contribution in [0.1, 0.15) is 61.3 Å². The third kappa shape index (κ3) is 5.44. The standard InChI is InChI=1S/C23H30N4O6/c1-23(2,3)33-22(29)27-8-7-17-12-19(27)18-6-5-15(21(28)30-4)11-20(18)31-10-9-26-13-16(14-32-17)24-25-26/h5-6,11,13,17,19H,7-10,12,14H2,1-4H3/t17-,19-/m0/s1. The summed E-state index contributed by atoms with van der Waals surface area (Å²) in [6, 6.07) is 4.83. The Labute approximate surface area is 192 Å². The summed E-state index contributed by atoms with van der Waals surface area (Å²) in [5.74, 6) is 0.0516. The Hall–Kier alpha value is -3.14. The molecule has 0 spiro atoms. The van der Waals surface area contributed by atoms with E-state index >= 15 is 0 Å². The number of esters is 1. The number of nitrogens with zero attached hydrogens (tertiary/aromatic N) is 4. The molecule has 0 N–H and O–H groups in total. The fraction of sp³-hybridized carbons (Fsp3) is 0.565. The molecule has 1 aromatic heterocycles. The van der Waals surface area contributed by atoms with Crippen molar-refractivity contribution in [3.63, 3.8) is 0 Å². The van der Waals surface area contributed by atoms with E-state index in [9.17, 15) is 9.59 Å². The molecular weight excluding hydrogens is 428 g/mol. The van der Waals surface area contributed by atoms with Crippen molar-refractivity contribution in [3.8, 4) is 5.75 Å². The third-order valence-electron chi connectivity index (χ3n) is 5.61. The predicted molar refractivity (Wildman–Crippen MR) is 117 cm³/mol. The molecule has 1 fully saturated rings. The Kier molecular flexibility index (Phi) is 6.55. The lowest BCUT2D eigenvalue weighted by Crippen LogP contribution is -2.45. The van der Waals surface area contributed by atoms with E-state index in [0.717, 1.165) is 11.3 Å². The van der Waals surface area contributed by atoms with Crippen LogP contribution in [0.4, 0.5) is 4.79 Å². The van der Waals surface area contributed by atoms with Gasteiger partial charge in [0.15, 0.2) is 0 Å². The number of benzene rings is 1. The molecule has 1 saturated heterocycles. The van der Waals surface area contributed by atoms with Gasteiger partial charge in [-0.3, -0.25) is 0 Å². The summed E-state index contributed by atoms with van der Waals surface area (Å²) in [7, 11) is 1.34. The monoisotopic (exact) mass is 458 g/mol. The minimum atomic E-state index is -0.618. The fourth-order valence-electron chi connectivity index (χ4n) is 4.06. The summed E-state index contributed by atoms with van der Waals surface area (Å²) in [5.41, 5.74) is 1.29. The smallest absolute Gasteiger partial charge is 0.410 e. The number of ether oxygens (including phenoxy) is 4. The first kappa shape index (κ1) is 23.0. The molecule has 3 heterocycles. The van der Waals surface area contributed by atoms with Gasteiger partial charge >= 0.3 is 12.1 Å². The summed E-state index contributed by atoms with van der Waals surface area (Å²) < 4.78 is 24.5. The second-order valence-corrected chi connectivity index (χ2v) is 9.21. The average Bonchev–Trinajstić information content (AvgIpc) is 3.23. The van der Waals surface area contributed by atoms with Gasteiger partial charge < -0.3 is 23.8 Å². The number of likely N-dealkylation sites (tertiary alicyclic amines) is 1. The maximum atomic E-state index is 13.1. The number of piperidine rings is 1. The SMILES string of the molecule is COC(=O)c1ccc2c(c1)OCCn1cc(nn1)CO[C@H]1CCN(C(=O)OC(C)(C)C)[C@H]2C1. The number of methoxy groups -OCH3 is 1. The maximum absolute atomic E-state index is 13.1. The number of carbonyl (C=O) groups is 2. The first-order valence-electron chi connectivity index (χ1n) is 11.1. The van der Waals surface area contributed by atoms with E-state index in [-0.39, 0.29) is 18.2 Å². The number of rotatable bonds is 1. The highest BCUT2D eigenvalue weighted by Gasteiger charge is 2.37. The summed E-state index contributed by atoms with van der Waals surface area (Å²) in [4.78, 5) is 26.9. The van der Waals surface area contributed by atoms with Crippen molar-refractivity contribution in [1.82, 2.24) is 19.9 Å². The van der Waals surface area contributed by atoms with Crippen LogP contribution in [0.3, 0.4) is 0 Å². The van der Waals surface area contributed by atoms with Gasteiger partial charge in [-0.05, 0) is 45.7 Å². The van der Waals surface area contributed by atoms with E-state index < -0.39 is 11.6 Å². The lowest BCUT2D eigenvalue weighted by Gasteiger charge is -2.40. The first-order chi connectivity index (χ1) is 15.7. The Balaban J connectivity index is 1.72. The van der Waals surface area contributed by atoms with Gasteiger partial charge in [0, 0.05) is 12.1 Å². The van der Waals surface area contributed by atoms with Crippen molar-refractivity contribution in [2.45, 2.75) is 64.5 Å². The molecule has 0 radical (unpaired) electrons. The molecule has 0 aliphatic carbocycles. The number of amides is 1. The van der Waals surface area contributed by atoms with Crippen molar-refractivity contribution < 1.29 is 28.5 Å². The van der Waals surface area contributed by atoms with Crippen LogP contribution in [0.15, 0.2) is 24.4 Å². The van der Waals surface area contributed by atoms with E-state index in [4.69, 9.17) is 18.9 Å². The van der Waals surface area contributed by atoms with Gasteiger partial charge in [-0.1, -0.05) is 11.3 Å². The van der Waals surface area contributed by atoms with E-state index in [2.05, 4.69) is 10.3 Å². The second-order valence-electron chi connectivity index (χ2n) is 9.21. The Morgan fingerprint density at radius 1 is 1.21 bits per heavy atom. The van der Waals surface area contributed by atoms with Crippen LogP contribution >= 0.6 is 0 Å². The average molecular weight is 459 g/mol. The van der Waals surface area contributed by atoms with Crippen molar-refractivity contribution in [2.75, 3.05) is 20.3 Å². The molecule has 1 aromatic carbocycles. The van der Waals surface area contributed by atoms with Gasteiger partial charge in [0.25, 0.3) is 0 Å². The quantitative estimate of drug-likeness (QED) is 0.601. The highest BCUT2D eigenvalue weighted by atomic mass is 16.6. The summed E-state index contributed by atoms with van der Waals surface area (Å²) in [5, 5.41) is 8.27.